The average Bonchev–Trinajstić information content (AvgIpc) is 2.34. The summed E-state index contributed by atoms with van der Waals surface area (Å²) in [6.07, 6.45) is 0.795. The third-order valence-electron chi connectivity index (χ3n) is 3.06. The van der Waals surface area contributed by atoms with E-state index in [-0.39, 0.29) is 11.9 Å². The van der Waals surface area contributed by atoms with Crippen molar-refractivity contribution in [3.05, 3.63) is 48.0 Å². The highest BCUT2D eigenvalue weighted by molar-refractivity contribution is 5.83. The summed E-state index contributed by atoms with van der Waals surface area (Å²) in [5, 5.41) is 2.47. The van der Waals surface area contributed by atoms with E-state index in [1.807, 2.05) is 12.1 Å². The lowest BCUT2D eigenvalue weighted by Gasteiger charge is -2.24. The number of benzene rings is 2. The van der Waals surface area contributed by atoms with E-state index in [0.29, 0.717) is 6.61 Å². The normalized spacial score (nSPS) is 19.2. The van der Waals surface area contributed by atoms with Gasteiger partial charge in [-0.05, 0) is 22.8 Å². The lowest BCUT2D eigenvalue weighted by atomic mass is 9.95. The smallest absolute Gasteiger partial charge is 0.312 e. The van der Waals surface area contributed by atoms with Crippen molar-refractivity contribution in [3.63, 3.8) is 0 Å². The van der Waals surface area contributed by atoms with E-state index in [4.69, 9.17) is 4.74 Å². The number of hydrogen-bond acceptors (Lipinski definition) is 2. The van der Waals surface area contributed by atoms with Crippen LogP contribution in [0.25, 0.3) is 10.8 Å². The van der Waals surface area contributed by atoms with Crippen LogP contribution in [0.15, 0.2) is 42.5 Å². The fourth-order valence-electron chi connectivity index (χ4n) is 2.06. The number of rotatable bonds is 2. The van der Waals surface area contributed by atoms with E-state index in [9.17, 15) is 4.79 Å². The van der Waals surface area contributed by atoms with Gasteiger partial charge in [0.25, 0.3) is 0 Å². The number of ether oxygens (including phenoxy) is 1. The van der Waals surface area contributed by atoms with Crippen LogP contribution in [-0.2, 0) is 16.0 Å². The van der Waals surface area contributed by atoms with Crippen LogP contribution in [0.2, 0.25) is 0 Å². The molecule has 1 unspecified atom stereocenters. The van der Waals surface area contributed by atoms with Crippen molar-refractivity contribution in [1.82, 2.24) is 0 Å². The number of cyclic esters (lactones) is 1. The van der Waals surface area contributed by atoms with Crippen molar-refractivity contribution in [3.8, 4) is 0 Å². The number of hydrogen-bond donors (Lipinski definition) is 0. The van der Waals surface area contributed by atoms with Gasteiger partial charge in [-0.25, -0.2) is 0 Å². The lowest BCUT2D eigenvalue weighted by Crippen LogP contribution is -2.35. The van der Waals surface area contributed by atoms with Gasteiger partial charge in [-0.2, -0.15) is 0 Å². The summed E-state index contributed by atoms with van der Waals surface area (Å²) >= 11 is 0. The van der Waals surface area contributed by atoms with Crippen LogP contribution in [-0.4, -0.2) is 12.6 Å². The second-order valence-electron chi connectivity index (χ2n) is 4.21. The Kier molecular flexibility index (Phi) is 2.13. The van der Waals surface area contributed by atoms with Gasteiger partial charge in [0.05, 0.1) is 5.92 Å². The maximum Gasteiger partial charge on any atom is 0.312 e. The molecule has 1 heterocycles. The highest BCUT2D eigenvalue weighted by atomic mass is 16.6. The van der Waals surface area contributed by atoms with Crippen LogP contribution in [0.3, 0.4) is 0 Å². The molecule has 3 rings (SSSR count). The van der Waals surface area contributed by atoms with Gasteiger partial charge in [-0.1, -0.05) is 42.5 Å². The van der Waals surface area contributed by atoms with Gasteiger partial charge in [0.2, 0.25) is 0 Å². The first-order chi connectivity index (χ1) is 7.83. The second kappa shape index (κ2) is 3.63. The molecule has 1 aliphatic rings. The molecule has 0 aliphatic carbocycles. The van der Waals surface area contributed by atoms with Gasteiger partial charge in [-0.15, -0.1) is 0 Å². The van der Waals surface area contributed by atoms with Gasteiger partial charge in [0.1, 0.15) is 6.61 Å². The van der Waals surface area contributed by atoms with E-state index in [0.717, 1.165) is 6.42 Å². The first-order valence-corrected chi connectivity index (χ1v) is 5.47. The van der Waals surface area contributed by atoms with Crippen LogP contribution in [0.1, 0.15) is 5.56 Å². The Hall–Kier alpha value is -1.83. The molecule has 1 atom stereocenters. The van der Waals surface area contributed by atoms with Gasteiger partial charge >= 0.3 is 5.97 Å². The predicted octanol–water partition coefficient (Wildman–Crippen LogP) is 2.56. The molecule has 2 heteroatoms. The summed E-state index contributed by atoms with van der Waals surface area (Å²) in [5.74, 6) is 0.00863. The van der Waals surface area contributed by atoms with Gasteiger partial charge in [-0.3, -0.25) is 4.79 Å². The molecule has 80 valence electrons. The zero-order chi connectivity index (χ0) is 11.0. The Morgan fingerprint density at radius 1 is 1.12 bits per heavy atom. The molecule has 2 nitrogen and oxygen atoms in total. The molecule has 0 radical (unpaired) electrons. The first kappa shape index (κ1) is 9.40. The number of fused-ring (bicyclic) bond motifs is 1. The highest BCUT2D eigenvalue weighted by Crippen LogP contribution is 2.21. The fourth-order valence-corrected chi connectivity index (χ4v) is 2.06. The topological polar surface area (TPSA) is 26.3 Å². The lowest BCUT2D eigenvalue weighted by molar-refractivity contribution is -0.168. The Bertz CT molecular complexity index is 545. The third-order valence-corrected chi connectivity index (χ3v) is 3.06. The summed E-state index contributed by atoms with van der Waals surface area (Å²) in [5.41, 5.74) is 1.21. The van der Waals surface area contributed by atoms with Crippen molar-refractivity contribution < 1.29 is 9.53 Å². The van der Waals surface area contributed by atoms with E-state index < -0.39 is 0 Å². The quantitative estimate of drug-likeness (QED) is 0.715. The van der Waals surface area contributed by atoms with Crippen molar-refractivity contribution in [2.24, 2.45) is 5.92 Å². The molecule has 0 bridgehead atoms. The number of carbonyl (C=O) groups excluding carboxylic acids is 1. The minimum Gasteiger partial charge on any atom is -0.464 e. The van der Waals surface area contributed by atoms with Crippen molar-refractivity contribution >= 4 is 16.7 Å². The molecule has 1 saturated heterocycles. The largest absolute Gasteiger partial charge is 0.464 e. The van der Waals surface area contributed by atoms with Crippen LogP contribution in [0.4, 0.5) is 0 Å². The zero-order valence-electron chi connectivity index (χ0n) is 8.85. The monoisotopic (exact) mass is 212 g/mol. The maximum absolute atomic E-state index is 11.1. The molecule has 0 aromatic heterocycles. The SMILES string of the molecule is O=C1OCC1Cc1ccc2ccccc2c1. The fraction of sp³-hybridized carbons (Fsp3) is 0.214. The molecule has 1 aliphatic heterocycles. The molecule has 2 aromatic rings. The van der Waals surface area contributed by atoms with E-state index in [2.05, 4.69) is 30.3 Å². The summed E-state index contributed by atoms with van der Waals surface area (Å²) in [6, 6.07) is 14.6. The molecule has 0 N–H and O–H groups in total. The molecule has 1 fully saturated rings. The van der Waals surface area contributed by atoms with Gasteiger partial charge in [0.15, 0.2) is 0 Å². The van der Waals surface area contributed by atoms with Crippen molar-refractivity contribution in [2.45, 2.75) is 6.42 Å². The standard InChI is InChI=1S/C14H12O2/c15-14-13(9-16-14)8-10-5-6-11-3-1-2-4-12(11)7-10/h1-7,13H,8-9H2. The minimum absolute atomic E-state index is 0.0619. The summed E-state index contributed by atoms with van der Waals surface area (Å²) < 4.78 is 4.76. The van der Waals surface area contributed by atoms with E-state index in [1.165, 1.54) is 16.3 Å². The zero-order valence-corrected chi connectivity index (χ0v) is 8.85. The molecule has 2 aromatic carbocycles. The Morgan fingerprint density at radius 2 is 1.94 bits per heavy atom. The Morgan fingerprint density at radius 3 is 2.62 bits per heavy atom. The summed E-state index contributed by atoms with van der Waals surface area (Å²) in [6.45, 7) is 0.575. The molecular formula is C14H12O2. The number of carbonyl (C=O) groups is 1. The van der Waals surface area contributed by atoms with Crippen molar-refractivity contribution in [2.75, 3.05) is 6.61 Å². The summed E-state index contributed by atoms with van der Waals surface area (Å²) in [7, 11) is 0. The van der Waals surface area contributed by atoms with Crippen LogP contribution in [0.5, 0.6) is 0 Å². The molecule has 0 amide bonds. The van der Waals surface area contributed by atoms with Crippen LogP contribution in [0, 0.1) is 5.92 Å². The van der Waals surface area contributed by atoms with Crippen molar-refractivity contribution in [1.29, 1.82) is 0 Å². The first-order valence-electron chi connectivity index (χ1n) is 5.47. The molecule has 16 heavy (non-hydrogen) atoms. The highest BCUT2D eigenvalue weighted by Gasteiger charge is 2.30. The Labute approximate surface area is 93.8 Å². The predicted molar refractivity (Wildman–Crippen MR) is 62.1 cm³/mol. The molecule has 0 saturated carbocycles. The van der Waals surface area contributed by atoms with E-state index in [1.54, 1.807) is 0 Å². The second-order valence-corrected chi connectivity index (χ2v) is 4.21. The number of esters is 1. The Balaban J connectivity index is 1.90. The van der Waals surface area contributed by atoms with E-state index >= 15 is 0 Å². The van der Waals surface area contributed by atoms with Crippen LogP contribution >= 0.6 is 0 Å². The molecular weight excluding hydrogens is 200 g/mol. The molecule has 0 spiro atoms. The van der Waals surface area contributed by atoms with Crippen LogP contribution < -0.4 is 0 Å². The average molecular weight is 212 g/mol. The van der Waals surface area contributed by atoms with Gasteiger partial charge < -0.3 is 4.74 Å². The van der Waals surface area contributed by atoms with Gasteiger partial charge in [0, 0.05) is 0 Å². The third kappa shape index (κ3) is 1.56. The maximum atomic E-state index is 11.1. The summed E-state index contributed by atoms with van der Waals surface area (Å²) in [4.78, 5) is 11.1. The minimum atomic E-state index is -0.0619.